The van der Waals surface area contributed by atoms with Gasteiger partial charge in [-0.25, -0.2) is 0 Å². The van der Waals surface area contributed by atoms with E-state index >= 15 is 0 Å². The van der Waals surface area contributed by atoms with Gasteiger partial charge in [-0.1, -0.05) is 13.8 Å². The van der Waals surface area contributed by atoms with Gasteiger partial charge in [0.25, 0.3) is 0 Å². The zero-order chi connectivity index (χ0) is 7.02. The van der Waals surface area contributed by atoms with Crippen molar-refractivity contribution in [2.45, 2.75) is 26.4 Å². The predicted octanol–water partition coefficient (Wildman–Crippen LogP) is 0.592. The van der Waals surface area contributed by atoms with E-state index in [1.807, 2.05) is 13.8 Å². The third kappa shape index (κ3) is 0.990. The van der Waals surface area contributed by atoms with Gasteiger partial charge in [-0.3, -0.25) is 4.79 Å². The molecule has 3 atom stereocenters. The van der Waals surface area contributed by atoms with E-state index in [1.165, 1.54) is 0 Å². The fourth-order valence-corrected chi connectivity index (χ4v) is 1.20. The second-order valence-corrected chi connectivity index (χ2v) is 2.89. The van der Waals surface area contributed by atoms with Crippen molar-refractivity contribution in [2.75, 3.05) is 0 Å². The van der Waals surface area contributed by atoms with Gasteiger partial charge in [0.15, 0.2) is 0 Å². The zero-order valence-electron chi connectivity index (χ0n) is 5.79. The van der Waals surface area contributed by atoms with Crippen molar-refractivity contribution in [3.8, 4) is 0 Å². The standard InChI is InChI=1S/C7H12O2/c1-4-5(2)7(9)3-6(4)8/h4-6,8H,3H2,1-2H3/t4-,5+,6+/m1/s1. The Morgan fingerprint density at radius 2 is 2.11 bits per heavy atom. The summed E-state index contributed by atoms with van der Waals surface area (Å²) in [7, 11) is 0. The number of aliphatic hydroxyl groups is 1. The molecule has 0 unspecified atom stereocenters. The SMILES string of the molecule is C[C@@H]1[C@H](C)C(=O)C[C@@H]1O. The summed E-state index contributed by atoms with van der Waals surface area (Å²) in [6, 6.07) is 0. The molecule has 2 nitrogen and oxygen atoms in total. The number of rotatable bonds is 0. The van der Waals surface area contributed by atoms with Crippen LogP contribution in [0.25, 0.3) is 0 Å². The highest BCUT2D eigenvalue weighted by Crippen LogP contribution is 2.27. The average molecular weight is 128 g/mol. The minimum Gasteiger partial charge on any atom is -0.392 e. The van der Waals surface area contributed by atoms with Crippen LogP contribution >= 0.6 is 0 Å². The van der Waals surface area contributed by atoms with Gasteiger partial charge in [-0.15, -0.1) is 0 Å². The Morgan fingerprint density at radius 1 is 1.56 bits per heavy atom. The Balaban J connectivity index is 2.65. The molecule has 1 N–H and O–H groups in total. The molecule has 0 heterocycles. The lowest BCUT2D eigenvalue weighted by atomic mass is 9.99. The van der Waals surface area contributed by atoms with Gasteiger partial charge < -0.3 is 5.11 Å². The van der Waals surface area contributed by atoms with E-state index in [1.54, 1.807) is 0 Å². The van der Waals surface area contributed by atoms with Crippen molar-refractivity contribution in [2.24, 2.45) is 11.8 Å². The number of hydrogen-bond acceptors (Lipinski definition) is 2. The minimum atomic E-state index is -0.382. The number of Topliss-reactive ketones (excluding diaryl/α,β-unsaturated/α-hetero) is 1. The Bertz CT molecular complexity index is 131. The predicted molar refractivity (Wildman–Crippen MR) is 34.0 cm³/mol. The molecule has 2 heteroatoms. The number of carbonyl (C=O) groups is 1. The van der Waals surface area contributed by atoms with Crippen LogP contribution in [0.3, 0.4) is 0 Å². The van der Waals surface area contributed by atoms with E-state index in [0.717, 1.165) is 0 Å². The number of hydrogen-bond donors (Lipinski definition) is 1. The molecule has 1 fully saturated rings. The molecule has 0 aromatic rings. The maximum Gasteiger partial charge on any atom is 0.138 e. The first kappa shape index (κ1) is 6.75. The molecule has 9 heavy (non-hydrogen) atoms. The third-order valence-electron chi connectivity index (χ3n) is 2.31. The first-order valence-electron chi connectivity index (χ1n) is 3.33. The molecule has 0 bridgehead atoms. The quantitative estimate of drug-likeness (QED) is 0.518. The van der Waals surface area contributed by atoms with Crippen LogP contribution < -0.4 is 0 Å². The molecule has 0 spiro atoms. The van der Waals surface area contributed by atoms with Crippen molar-refractivity contribution < 1.29 is 9.90 Å². The normalized spacial score (nSPS) is 43.9. The summed E-state index contributed by atoms with van der Waals surface area (Å²) in [5.41, 5.74) is 0. The fraction of sp³-hybridized carbons (Fsp3) is 0.857. The van der Waals surface area contributed by atoms with E-state index in [9.17, 15) is 4.79 Å². The van der Waals surface area contributed by atoms with Crippen LogP contribution in [0.5, 0.6) is 0 Å². The highest BCUT2D eigenvalue weighted by molar-refractivity contribution is 5.83. The first-order valence-corrected chi connectivity index (χ1v) is 3.33. The molecule has 1 rings (SSSR count). The van der Waals surface area contributed by atoms with Crippen molar-refractivity contribution in [3.63, 3.8) is 0 Å². The highest BCUT2D eigenvalue weighted by Gasteiger charge is 2.34. The average Bonchev–Trinajstić information content (AvgIpc) is 1.98. The molecular formula is C7H12O2. The Kier molecular flexibility index (Phi) is 1.58. The van der Waals surface area contributed by atoms with E-state index in [-0.39, 0.29) is 23.7 Å². The second kappa shape index (κ2) is 2.10. The van der Waals surface area contributed by atoms with E-state index in [0.29, 0.717) is 6.42 Å². The monoisotopic (exact) mass is 128 g/mol. The molecule has 0 aromatic carbocycles. The zero-order valence-corrected chi connectivity index (χ0v) is 5.79. The first-order chi connectivity index (χ1) is 4.13. The summed E-state index contributed by atoms with van der Waals surface area (Å²) in [5.74, 6) is 0.438. The van der Waals surface area contributed by atoms with Gasteiger partial charge in [-0.05, 0) is 5.92 Å². The number of aliphatic hydroxyl groups excluding tert-OH is 1. The van der Waals surface area contributed by atoms with E-state index in [4.69, 9.17) is 5.11 Å². The van der Waals surface area contributed by atoms with Crippen LogP contribution in [0, 0.1) is 11.8 Å². The van der Waals surface area contributed by atoms with E-state index < -0.39 is 0 Å². The molecule has 1 aliphatic carbocycles. The van der Waals surface area contributed by atoms with Crippen molar-refractivity contribution in [3.05, 3.63) is 0 Å². The molecular weight excluding hydrogens is 116 g/mol. The minimum absolute atomic E-state index is 0.0694. The van der Waals surface area contributed by atoms with Gasteiger partial charge in [0.05, 0.1) is 6.10 Å². The number of carbonyl (C=O) groups excluding carboxylic acids is 1. The van der Waals surface area contributed by atoms with Gasteiger partial charge in [0, 0.05) is 12.3 Å². The van der Waals surface area contributed by atoms with Crippen LogP contribution in [-0.2, 0) is 4.79 Å². The molecule has 0 aromatic heterocycles. The Morgan fingerprint density at radius 3 is 2.22 bits per heavy atom. The van der Waals surface area contributed by atoms with Crippen LogP contribution in [0.2, 0.25) is 0 Å². The molecule has 1 aliphatic rings. The van der Waals surface area contributed by atoms with Gasteiger partial charge in [0.2, 0.25) is 0 Å². The molecule has 0 saturated heterocycles. The Labute approximate surface area is 54.9 Å². The van der Waals surface area contributed by atoms with Gasteiger partial charge >= 0.3 is 0 Å². The highest BCUT2D eigenvalue weighted by atomic mass is 16.3. The van der Waals surface area contributed by atoms with E-state index in [2.05, 4.69) is 0 Å². The van der Waals surface area contributed by atoms with Crippen LogP contribution in [-0.4, -0.2) is 17.0 Å². The van der Waals surface area contributed by atoms with Gasteiger partial charge in [0.1, 0.15) is 5.78 Å². The summed E-state index contributed by atoms with van der Waals surface area (Å²) in [6.07, 6.45) is -0.0185. The summed E-state index contributed by atoms with van der Waals surface area (Å²) in [6.45, 7) is 3.80. The maximum atomic E-state index is 10.8. The van der Waals surface area contributed by atoms with Gasteiger partial charge in [-0.2, -0.15) is 0 Å². The second-order valence-electron chi connectivity index (χ2n) is 2.89. The molecule has 52 valence electrons. The molecule has 1 saturated carbocycles. The Hall–Kier alpha value is -0.370. The lowest BCUT2D eigenvalue weighted by Gasteiger charge is -2.09. The molecule has 0 amide bonds. The lowest BCUT2D eigenvalue weighted by molar-refractivity contribution is -0.120. The van der Waals surface area contributed by atoms with Crippen molar-refractivity contribution in [1.29, 1.82) is 0 Å². The van der Waals surface area contributed by atoms with Crippen molar-refractivity contribution in [1.82, 2.24) is 0 Å². The van der Waals surface area contributed by atoms with Crippen LogP contribution in [0.4, 0.5) is 0 Å². The maximum absolute atomic E-state index is 10.8. The fourth-order valence-electron chi connectivity index (χ4n) is 1.20. The summed E-state index contributed by atoms with van der Waals surface area (Å²) in [4.78, 5) is 10.8. The molecule has 0 radical (unpaired) electrons. The van der Waals surface area contributed by atoms with Crippen LogP contribution in [0.15, 0.2) is 0 Å². The summed E-state index contributed by atoms with van der Waals surface area (Å²) in [5, 5.41) is 9.12. The number of ketones is 1. The summed E-state index contributed by atoms with van der Waals surface area (Å²) >= 11 is 0. The lowest BCUT2D eigenvalue weighted by Crippen LogP contribution is -2.13. The van der Waals surface area contributed by atoms with Crippen LogP contribution in [0.1, 0.15) is 20.3 Å². The summed E-state index contributed by atoms with van der Waals surface area (Å²) < 4.78 is 0. The third-order valence-corrected chi connectivity index (χ3v) is 2.31. The smallest absolute Gasteiger partial charge is 0.138 e. The van der Waals surface area contributed by atoms with Crippen molar-refractivity contribution >= 4 is 5.78 Å². The largest absolute Gasteiger partial charge is 0.392 e. The topological polar surface area (TPSA) is 37.3 Å². The molecule has 0 aliphatic heterocycles.